The van der Waals surface area contributed by atoms with E-state index in [0.29, 0.717) is 0 Å². The van der Waals surface area contributed by atoms with Gasteiger partial charge in [-0.05, 0) is 77.8 Å². The average Bonchev–Trinajstić information content (AvgIpc) is 2.62. The number of nitrogens with two attached hydrogens (primary N) is 2. The summed E-state index contributed by atoms with van der Waals surface area (Å²) < 4.78 is 0. The zero-order valence-corrected chi connectivity index (χ0v) is 15.7. The molecule has 0 unspecified atom stereocenters. The number of carboxylic acid groups (broad SMARTS) is 2. The monoisotopic (exact) mass is 382 g/mol. The first-order valence-corrected chi connectivity index (χ1v) is 8.97. The Morgan fingerprint density at radius 3 is 1.15 bits per heavy atom. The van der Waals surface area contributed by atoms with Crippen molar-refractivity contribution < 1.29 is 30.0 Å². The molecular formula is C16H38N4O6. The van der Waals surface area contributed by atoms with Gasteiger partial charge in [-0.2, -0.15) is 0 Å². The smallest absolute Gasteiger partial charge is 0.414 e. The normalized spacial score (nSPS) is 9.54. The SMILES string of the molecule is NCCCCNCCCO.NCCCCNCCCO.O=C(O)C(=O)O. The Bertz CT molecular complexity index is 252. The zero-order chi connectivity index (χ0) is 20.5. The first-order chi connectivity index (χ1) is 12.5. The van der Waals surface area contributed by atoms with Crippen LogP contribution in [-0.4, -0.2) is 84.8 Å². The van der Waals surface area contributed by atoms with Gasteiger partial charge in [0.2, 0.25) is 0 Å². The number of carboxylic acids is 2. The Morgan fingerprint density at radius 2 is 0.923 bits per heavy atom. The highest BCUT2D eigenvalue weighted by Gasteiger charge is 2.04. The van der Waals surface area contributed by atoms with Gasteiger partial charge in [-0.1, -0.05) is 0 Å². The number of aliphatic hydroxyl groups excluding tert-OH is 2. The van der Waals surface area contributed by atoms with Gasteiger partial charge in [0.05, 0.1) is 0 Å². The molecule has 0 aromatic carbocycles. The fourth-order valence-corrected chi connectivity index (χ4v) is 1.45. The van der Waals surface area contributed by atoms with E-state index in [-0.39, 0.29) is 13.2 Å². The molecule has 0 rings (SSSR count). The molecule has 0 atom stereocenters. The van der Waals surface area contributed by atoms with E-state index in [1.54, 1.807) is 0 Å². The molecule has 0 aromatic rings. The van der Waals surface area contributed by atoms with E-state index in [9.17, 15) is 0 Å². The predicted octanol–water partition coefficient (Wildman–Crippen LogP) is -1.45. The first kappa shape index (κ1) is 29.5. The van der Waals surface area contributed by atoms with Crippen molar-refractivity contribution in [3.63, 3.8) is 0 Å². The number of hydrogen-bond acceptors (Lipinski definition) is 8. The number of aliphatic hydroxyl groups is 2. The highest BCUT2D eigenvalue weighted by molar-refractivity contribution is 6.27. The number of rotatable bonds is 14. The second-order valence-electron chi connectivity index (χ2n) is 5.26. The van der Waals surface area contributed by atoms with Crippen LogP contribution in [0.1, 0.15) is 38.5 Å². The molecule has 0 fully saturated rings. The number of unbranched alkanes of at least 4 members (excludes halogenated alkanes) is 2. The molecular weight excluding hydrogens is 344 g/mol. The molecule has 10 heteroatoms. The van der Waals surface area contributed by atoms with E-state index in [1.807, 2.05) is 0 Å². The minimum Gasteiger partial charge on any atom is -0.473 e. The van der Waals surface area contributed by atoms with Crippen LogP contribution in [0, 0.1) is 0 Å². The summed E-state index contributed by atoms with van der Waals surface area (Å²) in [6, 6.07) is 0. The van der Waals surface area contributed by atoms with Crippen molar-refractivity contribution in [2.75, 3.05) is 52.5 Å². The molecule has 0 aromatic heterocycles. The topological polar surface area (TPSA) is 191 Å². The first-order valence-electron chi connectivity index (χ1n) is 8.97. The van der Waals surface area contributed by atoms with Crippen LogP contribution < -0.4 is 22.1 Å². The van der Waals surface area contributed by atoms with Gasteiger partial charge >= 0.3 is 11.9 Å². The summed E-state index contributed by atoms with van der Waals surface area (Å²) in [6.45, 7) is 6.01. The van der Waals surface area contributed by atoms with Crippen LogP contribution in [0.15, 0.2) is 0 Å². The fraction of sp³-hybridized carbons (Fsp3) is 0.875. The third kappa shape index (κ3) is 38.3. The van der Waals surface area contributed by atoms with Crippen LogP contribution >= 0.6 is 0 Å². The van der Waals surface area contributed by atoms with Gasteiger partial charge < -0.3 is 42.5 Å². The Morgan fingerprint density at radius 1 is 0.615 bits per heavy atom. The Labute approximate surface area is 156 Å². The summed E-state index contributed by atoms with van der Waals surface area (Å²) in [5.41, 5.74) is 10.6. The molecule has 158 valence electrons. The number of carbonyl (C=O) groups is 2. The van der Waals surface area contributed by atoms with Crippen LogP contribution in [0.2, 0.25) is 0 Å². The highest BCUT2D eigenvalue weighted by Crippen LogP contribution is 1.82. The maximum absolute atomic E-state index is 9.10. The van der Waals surface area contributed by atoms with Crippen molar-refractivity contribution in [1.82, 2.24) is 10.6 Å². The largest absolute Gasteiger partial charge is 0.473 e. The average molecular weight is 383 g/mol. The van der Waals surface area contributed by atoms with Crippen LogP contribution in [0.4, 0.5) is 0 Å². The second-order valence-corrected chi connectivity index (χ2v) is 5.26. The number of aliphatic carboxylic acids is 2. The lowest BCUT2D eigenvalue weighted by Gasteiger charge is -2.00. The lowest BCUT2D eigenvalue weighted by molar-refractivity contribution is -0.159. The molecule has 10 nitrogen and oxygen atoms in total. The summed E-state index contributed by atoms with van der Waals surface area (Å²) in [4.78, 5) is 18.2. The van der Waals surface area contributed by atoms with E-state index >= 15 is 0 Å². The van der Waals surface area contributed by atoms with Gasteiger partial charge in [-0.25, -0.2) is 9.59 Å². The lowest BCUT2D eigenvalue weighted by Crippen LogP contribution is -2.18. The van der Waals surface area contributed by atoms with E-state index < -0.39 is 11.9 Å². The summed E-state index contributed by atoms with van der Waals surface area (Å²) in [5, 5.41) is 38.0. The lowest BCUT2D eigenvalue weighted by atomic mass is 10.3. The van der Waals surface area contributed by atoms with Gasteiger partial charge in [0, 0.05) is 13.2 Å². The van der Waals surface area contributed by atoms with E-state index in [1.165, 1.54) is 0 Å². The van der Waals surface area contributed by atoms with Gasteiger partial charge in [-0.15, -0.1) is 0 Å². The van der Waals surface area contributed by atoms with Gasteiger partial charge in [0.1, 0.15) is 0 Å². The number of nitrogens with one attached hydrogen (secondary N) is 2. The van der Waals surface area contributed by atoms with Crippen LogP contribution in [0.25, 0.3) is 0 Å². The minimum atomic E-state index is -1.82. The molecule has 0 bridgehead atoms. The molecule has 0 amide bonds. The molecule has 26 heavy (non-hydrogen) atoms. The van der Waals surface area contributed by atoms with Gasteiger partial charge in [0.15, 0.2) is 0 Å². The van der Waals surface area contributed by atoms with Crippen molar-refractivity contribution in [2.24, 2.45) is 11.5 Å². The molecule has 0 aliphatic carbocycles. The van der Waals surface area contributed by atoms with E-state index in [4.69, 9.17) is 41.5 Å². The Kier molecular flexibility index (Phi) is 32.3. The van der Waals surface area contributed by atoms with Crippen LogP contribution in [0.5, 0.6) is 0 Å². The standard InChI is InChI=1S/2C7H18N2O.C2H2O4/c2*8-4-1-2-5-9-6-3-7-10;3-1(4)2(5)6/h2*9-10H,1-8H2;(H,3,4)(H,5,6). The van der Waals surface area contributed by atoms with Crippen molar-refractivity contribution in [2.45, 2.75) is 38.5 Å². The summed E-state index contributed by atoms with van der Waals surface area (Å²) in [5.74, 6) is -3.65. The Hall–Kier alpha value is -1.30. The van der Waals surface area contributed by atoms with E-state index in [2.05, 4.69) is 10.6 Å². The van der Waals surface area contributed by atoms with Gasteiger partial charge in [0.25, 0.3) is 0 Å². The van der Waals surface area contributed by atoms with Gasteiger partial charge in [-0.3, -0.25) is 0 Å². The molecule has 0 aliphatic rings. The van der Waals surface area contributed by atoms with Crippen LogP contribution in [0.3, 0.4) is 0 Å². The molecule has 0 radical (unpaired) electrons. The summed E-state index contributed by atoms with van der Waals surface area (Å²) in [6.07, 6.45) is 6.16. The molecule has 0 heterocycles. The fourth-order valence-electron chi connectivity index (χ4n) is 1.45. The van der Waals surface area contributed by atoms with Crippen molar-refractivity contribution in [3.8, 4) is 0 Å². The third-order valence-electron chi connectivity index (χ3n) is 2.82. The Balaban J connectivity index is -0.000000316. The molecule has 10 N–H and O–H groups in total. The number of hydrogen-bond donors (Lipinski definition) is 8. The molecule has 0 saturated heterocycles. The van der Waals surface area contributed by atoms with Crippen LogP contribution in [-0.2, 0) is 9.59 Å². The molecule has 0 aliphatic heterocycles. The molecule has 0 spiro atoms. The predicted molar refractivity (Wildman–Crippen MR) is 101 cm³/mol. The van der Waals surface area contributed by atoms with Crippen molar-refractivity contribution in [1.29, 1.82) is 0 Å². The highest BCUT2D eigenvalue weighted by atomic mass is 16.4. The summed E-state index contributed by atoms with van der Waals surface area (Å²) in [7, 11) is 0. The third-order valence-corrected chi connectivity index (χ3v) is 2.82. The quantitative estimate of drug-likeness (QED) is 0.130. The maximum atomic E-state index is 9.10. The minimum absolute atomic E-state index is 0.282. The summed E-state index contributed by atoms with van der Waals surface area (Å²) >= 11 is 0. The maximum Gasteiger partial charge on any atom is 0.414 e. The second kappa shape index (κ2) is 28.5. The van der Waals surface area contributed by atoms with Crippen molar-refractivity contribution >= 4 is 11.9 Å². The zero-order valence-electron chi connectivity index (χ0n) is 15.7. The van der Waals surface area contributed by atoms with Crippen molar-refractivity contribution in [3.05, 3.63) is 0 Å². The van der Waals surface area contributed by atoms with E-state index in [0.717, 1.165) is 77.8 Å². The molecule has 0 saturated carbocycles.